The van der Waals surface area contributed by atoms with Gasteiger partial charge in [0.15, 0.2) is 0 Å². The van der Waals surface area contributed by atoms with Crippen LogP contribution in [0.15, 0.2) is 23.3 Å². The van der Waals surface area contributed by atoms with Crippen LogP contribution in [0.25, 0.3) is 0 Å². The molecular formula is C24H46. The maximum Gasteiger partial charge on any atom is -0.0206 e. The summed E-state index contributed by atoms with van der Waals surface area (Å²) in [7, 11) is 0. The van der Waals surface area contributed by atoms with Crippen LogP contribution >= 0.6 is 0 Å². The maximum atomic E-state index is 2.59. The molecule has 0 N–H and O–H groups in total. The Hall–Kier alpha value is -0.520. The normalized spacial score (nSPS) is 17.0. The van der Waals surface area contributed by atoms with Crippen molar-refractivity contribution in [3.05, 3.63) is 23.3 Å². The van der Waals surface area contributed by atoms with Crippen molar-refractivity contribution in [3.63, 3.8) is 0 Å². The molecule has 0 spiro atoms. The van der Waals surface area contributed by atoms with Crippen molar-refractivity contribution in [1.82, 2.24) is 0 Å². The Morgan fingerprint density at radius 3 is 1.96 bits per heavy atom. The predicted octanol–water partition coefficient (Wildman–Crippen LogP) is 8.73. The molecule has 0 saturated carbocycles. The van der Waals surface area contributed by atoms with Crippen molar-refractivity contribution in [2.75, 3.05) is 0 Å². The molecule has 0 aliphatic carbocycles. The summed E-state index contributed by atoms with van der Waals surface area (Å²) in [6, 6.07) is 0. The molecule has 0 rings (SSSR count). The van der Waals surface area contributed by atoms with Gasteiger partial charge in [-0.05, 0) is 63.2 Å². The first-order valence-electron chi connectivity index (χ1n) is 10.8. The van der Waals surface area contributed by atoms with E-state index >= 15 is 0 Å². The van der Waals surface area contributed by atoms with Gasteiger partial charge in [0.05, 0.1) is 0 Å². The lowest BCUT2D eigenvalue weighted by molar-refractivity contribution is 0.416. The van der Waals surface area contributed by atoms with E-state index < -0.39 is 0 Å². The zero-order chi connectivity index (χ0) is 18.4. The molecule has 0 aromatic carbocycles. The Morgan fingerprint density at radius 1 is 0.792 bits per heavy atom. The third-order valence-electron chi connectivity index (χ3n) is 5.82. The van der Waals surface area contributed by atoms with Crippen LogP contribution in [-0.4, -0.2) is 0 Å². The van der Waals surface area contributed by atoms with Crippen LogP contribution in [0.5, 0.6) is 0 Å². The largest absolute Gasteiger partial charge is 0.0854 e. The lowest BCUT2D eigenvalue weighted by Crippen LogP contribution is -2.08. The fourth-order valence-corrected chi connectivity index (χ4v) is 3.33. The molecule has 0 heterocycles. The molecule has 0 aliphatic heterocycles. The second-order valence-electron chi connectivity index (χ2n) is 7.94. The van der Waals surface area contributed by atoms with E-state index in [-0.39, 0.29) is 0 Å². The van der Waals surface area contributed by atoms with E-state index in [1.807, 2.05) is 0 Å². The van der Waals surface area contributed by atoms with E-state index in [4.69, 9.17) is 0 Å². The number of rotatable bonds is 14. The summed E-state index contributed by atoms with van der Waals surface area (Å²) < 4.78 is 0. The monoisotopic (exact) mass is 334 g/mol. The van der Waals surface area contributed by atoms with Gasteiger partial charge in [0.25, 0.3) is 0 Å². The number of allylic oxidation sites excluding steroid dienone is 4. The van der Waals surface area contributed by atoms with Crippen molar-refractivity contribution in [3.8, 4) is 0 Å². The second kappa shape index (κ2) is 14.8. The summed E-state index contributed by atoms with van der Waals surface area (Å²) >= 11 is 0. The van der Waals surface area contributed by atoms with E-state index in [9.17, 15) is 0 Å². The summed E-state index contributed by atoms with van der Waals surface area (Å²) in [6.07, 6.45) is 18.1. The summed E-state index contributed by atoms with van der Waals surface area (Å²) in [5.41, 5.74) is 3.36. The Balaban J connectivity index is 4.74. The highest BCUT2D eigenvalue weighted by Crippen LogP contribution is 2.30. The summed E-state index contributed by atoms with van der Waals surface area (Å²) in [4.78, 5) is 0. The van der Waals surface area contributed by atoms with Gasteiger partial charge in [-0.3, -0.25) is 0 Å². The second-order valence-corrected chi connectivity index (χ2v) is 7.94. The average Bonchev–Trinajstić information content (AvgIpc) is 2.60. The first kappa shape index (κ1) is 23.5. The van der Waals surface area contributed by atoms with E-state index in [1.54, 1.807) is 11.1 Å². The Labute approximate surface area is 154 Å². The van der Waals surface area contributed by atoms with Crippen molar-refractivity contribution in [1.29, 1.82) is 0 Å². The zero-order valence-electron chi connectivity index (χ0n) is 18.0. The molecule has 0 radical (unpaired) electrons. The fourth-order valence-electron chi connectivity index (χ4n) is 3.33. The number of unbranched alkanes of at least 4 members (excludes halogenated alkanes) is 2. The number of hydrogen-bond acceptors (Lipinski definition) is 0. The zero-order valence-corrected chi connectivity index (χ0v) is 18.0. The Morgan fingerprint density at radius 2 is 1.42 bits per heavy atom. The topological polar surface area (TPSA) is 0 Å². The van der Waals surface area contributed by atoms with Gasteiger partial charge in [0, 0.05) is 0 Å². The first-order valence-corrected chi connectivity index (χ1v) is 10.8. The van der Waals surface area contributed by atoms with E-state index in [1.165, 1.54) is 64.2 Å². The predicted molar refractivity (Wildman–Crippen MR) is 113 cm³/mol. The van der Waals surface area contributed by atoms with E-state index in [0.717, 1.165) is 17.8 Å². The molecule has 0 bridgehead atoms. The minimum atomic E-state index is 0.730. The van der Waals surface area contributed by atoms with Crippen LogP contribution in [-0.2, 0) is 0 Å². The summed E-state index contributed by atoms with van der Waals surface area (Å²) in [6.45, 7) is 16.4. The van der Waals surface area contributed by atoms with E-state index in [0.29, 0.717) is 0 Å². The minimum Gasteiger partial charge on any atom is -0.0854 e. The molecule has 0 heteroatoms. The van der Waals surface area contributed by atoms with Crippen molar-refractivity contribution in [2.45, 2.75) is 113 Å². The molecule has 0 amide bonds. The van der Waals surface area contributed by atoms with Gasteiger partial charge in [-0.15, -0.1) is 0 Å². The standard InChI is InChI=1S/C24H46/c1-8-12-14-21(6)22(7)17-19-24(15-13-9-2)23(11-4)18-16-20(5)10-3/h14-15,20,22-23H,8-13,16-19H2,1-7H3. The summed E-state index contributed by atoms with van der Waals surface area (Å²) in [5, 5.41) is 0. The van der Waals surface area contributed by atoms with Crippen molar-refractivity contribution in [2.24, 2.45) is 17.8 Å². The third kappa shape index (κ3) is 10.4. The van der Waals surface area contributed by atoms with E-state index in [2.05, 4.69) is 60.6 Å². The highest BCUT2D eigenvalue weighted by Gasteiger charge is 2.15. The van der Waals surface area contributed by atoms with Gasteiger partial charge in [-0.25, -0.2) is 0 Å². The molecule has 0 aliphatic rings. The van der Waals surface area contributed by atoms with Crippen molar-refractivity contribution >= 4 is 0 Å². The highest BCUT2D eigenvalue weighted by atomic mass is 14.2. The molecular weight excluding hydrogens is 288 g/mol. The Kier molecular flexibility index (Phi) is 14.5. The van der Waals surface area contributed by atoms with Gasteiger partial charge in [0.1, 0.15) is 0 Å². The quantitative estimate of drug-likeness (QED) is 0.278. The third-order valence-corrected chi connectivity index (χ3v) is 5.82. The van der Waals surface area contributed by atoms with Crippen LogP contribution in [0.4, 0.5) is 0 Å². The van der Waals surface area contributed by atoms with Gasteiger partial charge in [-0.1, -0.05) is 90.5 Å². The molecule has 0 aromatic heterocycles. The van der Waals surface area contributed by atoms with Crippen LogP contribution in [0.1, 0.15) is 113 Å². The lowest BCUT2D eigenvalue weighted by Gasteiger charge is -2.23. The van der Waals surface area contributed by atoms with Gasteiger partial charge >= 0.3 is 0 Å². The lowest BCUT2D eigenvalue weighted by atomic mass is 9.83. The molecule has 0 aromatic rings. The molecule has 3 unspecified atom stereocenters. The van der Waals surface area contributed by atoms with Crippen LogP contribution in [0.3, 0.4) is 0 Å². The maximum absolute atomic E-state index is 2.59. The van der Waals surface area contributed by atoms with Crippen LogP contribution in [0.2, 0.25) is 0 Å². The average molecular weight is 335 g/mol. The Bertz CT molecular complexity index is 347. The van der Waals surface area contributed by atoms with Gasteiger partial charge in [-0.2, -0.15) is 0 Å². The molecule has 3 atom stereocenters. The SMILES string of the molecule is CCCC=C(C)C(C)CCC(=CCCC)C(CC)CCC(C)CC. The molecule has 0 nitrogen and oxygen atoms in total. The van der Waals surface area contributed by atoms with Crippen LogP contribution < -0.4 is 0 Å². The van der Waals surface area contributed by atoms with Crippen molar-refractivity contribution < 1.29 is 0 Å². The molecule has 0 saturated heterocycles. The first-order chi connectivity index (χ1) is 11.5. The fraction of sp³-hybridized carbons (Fsp3) is 0.833. The highest BCUT2D eigenvalue weighted by molar-refractivity contribution is 5.09. The van der Waals surface area contributed by atoms with Crippen LogP contribution in [0, 0.1) is 17.8 Å². The summed E-state index contributed by atoms with van der Waals surface area (Å²) in [5.74, 6) is 2.43. The molecule has 142 valence electrons. The smallest absolute Gasteiger partial charge is 0.0206 e. The van der Waals surface area contributed by atoms with Gasteiger partial charge in [0.2, 0.25) is 0 Å². The van der Waals surface area contributed by atoms with Gasteiger partial charge < -0.3 is 0 Å². The number of hydrogen-bond donors (Lipinski definition) is 0. The molecule has 24 heavy (non-hydrogen) atoms. The molecule has 0 fully saturated rings. The minimum absolute atomic E-state index is 0.730.